The number of nitrogen functional groups attached to an aromatic ring is 1. The van der Waals surface area contributed by atoms with Gasteiger partial charge < -0.3 is 10.5 Å². The maximum absolute atomic E-state index is 13.8. The van der Waals surface area contributed by atoms with Gasteiger partial charge >= 0.3 is 0 Å². The zero-order valence-corrected chi connectivity index (χ0v) is 10.5. The fourth-order valence-electron chi connectivity index (χ4n) is 1.77. The van der Waals surface area contributed by atoms with Crippen molar-refractivity contribution < 1.29 is 9.13 Å². The Bertz CT molecular complexity index is 552. The van der Waals surface area contributed by atoms with Crippen molar-refractivity contribution in [2.45, 2.75) is 20.0 Å². The first-order chi connectivity index (χ1) is 8.56. The minimum atomic E-state index is -0.323. The lowest BCUT2D eigenvalue weighted by atomic mass is 10.0. The molecule has 0 atom stereocenters. The summed E-state index contributed by atoms with van der Waals surface area (Å²) in [5, 5.41) is 0. The third kappa shape index (κ3) is 2.80. The van der Waals surface area contributed by atoms with Crippen molar-refractivity contribution in [2.24, 2.45) is 0 Å². The van der Waals surface area contributed by atoms with E-state index in [1.165, 1.54) is 6.07 Å². The van der Waals surface area contributed by atoms with Gasteiger partial charge in [-0.1, -0.05) is 12.1 Å². The SMILES string of the molecule is CC(C)Oc1cccc(-c2ccc(N)cc2F)c1. The first-order valence-corrected chi connectivity index (χ1v) is 5.88. The summed E-state index contributed by atoms with van der Waals surface area (Å²) in [4.78, 5) is 0. The molecule has 0 aliphatic carbocycles. The maximum Gasteiger partial charge on any atom is 0.133 e. The van der Waals surface area contributed by atoms with Gasteiger partial charge in [0.05, 0.1) is 6.10 Å². The largest absolute Gasteiger partial charge is 0.491 e. The lowest BCUT2D eigenvalue weighted by molar-refractivity contribution is 0.242. The second-order valence-corrected chi connectivity index (χ2v) is 4.43. The van der Waals surface area contributed by atoms with Gasteiger partial charge in [-0.3, -0.25) is 0 Å². The molecule has 0 bridgehead atoms. The molecule has 2 nitrogen and oxygen atoms in total. The number of halogens is 1. The van der Waals surface area contributed by atoms with Crippen LogP contribution in [0.1, 0.15) is 13.8 Å². The molecular formula is C15H16FNO. The third-order valence-electron chi connectivity index (χ3n) is 2.51. The van der Waals surface area contributed by atoms with Crippen molar-refractivity contribution in [3.63, 3.8) is 0 Å². The smallest absolute Gasteiger partial charge is 0.133 e. The summed E-state index contributed by atoms with van der Waals surface area (Å²) in [6.45, 7) is 3.91. The van der Waals surface area contributed by atoms with Crippen LogP contribution in [0.2, 0.25) is 0 Å². The van der Waals surface area contributed by atoms with Crippen molar-refractivity contribution in [1.29, 1.82) is 0 Å². The van der Waals surface area contributed by atoms with Crippen LogP contribution >= 0.6 is 0 Å². The summed E-state index contributed by atoms with van der Waals surface area (Å²) in [5.41, 5.74) is 7.27. The number of benzene rings is 2. The van der Waals surface area contributed by atoms with E-state index in [4.69, 9.17) is 10.5 Å². The second kappa shape index (κ2) is 5.08. The highest BCUT2D eigenvalue weighted by atomic mass is 19.1. The maximum atomic E-state index is 13.8. The standard InChI is InChI=1S/C15H16FNO/c1-10(2)18-13-5-3-4-11(8-13)14-7-6-12(17)9-15(14)16/h3-10H,17H2,1-2H3. The monoisotopic (exact) mass is 245 g/mol. The Morgan fingerprint density at radius 3 is 2.56 bits per heavy atom. The Balaban J connectivity index is 2.38. The van der Waals surface area contributed by atoms with E-state index in [1.807, 2.05) is 38.1 Å². The van der Waals surface area contributed by atoms with E-state index in [9.17, 15) is 4.39 Å². The summed E-state index contributed by atoms with van der Waals surface area (Å²) in [5.74, 6) is 0.412. The zero-order valence-electron chi connectivity index (χ0n) is 10.5. The summed E-state index contributed by atoms with van der Waals surface area (Å²) >= 11 is 0. The van der Waals surface area contributed by atoms with Crippen molar-refractivity contribution in [1.82, 2.24) is 0 Å². The van der Waals surface area contributed by atoms with Gasteiger partial charge in [0.25, 0.3) is 0 Å². The fourth-order valence-corrected chi connectivity index (χ4v) is 1.77. The average Bonchev–Trinajstić information content (AvgIpc) is 2.28. The predicted molar refractivity (Wildman–Crippen MR) is 72.0 cm³/mol. The molecule has 2 aromatic carbocycles. The molecule has 2 rings (SSSR count). The highest BCUT2D eigenvalue weighted by molar-refractivity contribution is 5.67. The van der Waals surface area contributed by atoms with Crippen LogP contribution in [0, 0.1) is 5.82 Å². The van der Waals surface area contributed by atoms with Crippen LogP contribution in [0.4, 0.5) is 10.1 Å². The van der Waals surface area contributed by atoms with Gasteiger partial charge in [-0.15, -0.1) is 0 Å². The van der Waals surface area contributed by atoms with Crippen LogP contribution in [0.3, 0.4) is 0 Å². The number of ether oxygens (including phenoxy) is 1. The van der Waals surface area contributed by atoms with Gasteiger partial charge in [0.15, 0.2) is 0 Å². The first kappa shape index (κ1) is 12.4. The molecule has 0 aliphatic heterocycles. The van der Waals surface area contributed by atoms with Crippen LogP contribution in [0.5, 0.6) is 5.75 Å². The van der Waals surface area contributed by atoms with Crippen molar-refractivity contribution >= 4 is 5.69 Å². The summed E-state index contributed by atoms with van der Waals surface area (Å²) in [6.07, 6.45) is 0.0940. The van der Waals surface area contributed by atoms with Crippen LogP contribution in [0.25, 0.3) is 11.1 Å². The van der Waals surface area contributed by atoms with Crippen LogP contribution < -0.4 is 10.5 Å². The van der Waals surface area contributed by atoms with Gasteiger partial charge in [0.1, 0.15) is 11.6 Å². The quantitative estimate of drug-likeness (QED) is 0.833. The van der Waals surface area contributed by atoms with Gasteiger partial charge in [-0.25, -0.2) is 4.39 Å². The topological polar surface area (TPSA) is 35.2 Å². The highest BCUT2D eigenvalue weighted by Crippen LogP contribution is 2.27. The van der Waals surface area contributed by atoms with Crippen molar-refractivity contribution in [2.75, 3.05) is 5.73 Å². The van der Waals surface area contributed by atoms with Gasteiger partial charge in [-0.05, 0) is 49.7 Å². The van der Waals surface area contributed by atoms with Crippen LogP contribution in [0.15, 0.2) is 42.5 Å². The van der Waals surface area contributed by atoms with E-state index in [0.717, 1.165) is 11.3 Å². The highest BCUT2D eigenvalue weighted by Gasteiger charge is 2.07. The number of anilines is 1. The molecule has 0 unspecified atom stereocenters. The molecule has 0 amide bonds. The normalized spacial score (nSPS) is 10.7. The molecule has 0 saturated carbocycles. The Kier molecular flexibility index (Phi) is 3.51. The van der Waals surface area contributed by atoms with Gasteiger partial charge in [0.2, 0.25) is 0 Å². The molecule has 0 fully saturated rings. The molecule has 2 N–H and O–H groups in total. The van der Waals surface area contributed by atoms with Crippen molar-refractivity contribution in [3.8, 4) is 16.9 Å². The summed E-state index contributed by atoms with van der Waals surface area (Å²) in [7, 11) is 0. The number of hydrogen-bond acceptors (Lipinski definition) is 2. The van der Waals surface area contributed by atoms with Crippen LogP contribution in [-0.4, -0.2) is 6.10 Å². The van der Waals surface area contributed by atoms with Gasteiger partial charge in [-0.2, -0.15) is 0 Å². The Morgan fingerprint density at radius 2 is 1.89 bits per heavy atom. The number of nitrogens with two attached hydrogens (primary N) is 1. The molecule has 0 radical (unpaired) electrons. The van der Waals surface area contributed by atoms with E-state index in [1.54, 1.807) is 12.1 Å². The molecule has 2 aromatic rings. The van der Waals surface area contributed by atoms with Gasteiger partial charge in [0, 0.05) is 11.3 Å². The van der Waals surface area contributed by atoms with Crippen molar-refractivity contribution in [3.05, 3.63) is 48.3 Å². The lowest BCUT2D eigenvalue weighted by Gasteiger charge is -2.11. The van der Waals surface area contributed by atoms with E-state index in [2.05, 4.69) is 0 Å². The first-order valence-electron chi connectivity index (χ1n) is 5.88. The Hall–Kier alpha value is -2.03. The van der Waals surface area contributed by atoms with E-state index < -0.39 is 0 Å². The Morgan fingerprint density at radius 1 is 1.11 bits per heavy atom. The van der Waals surface area contributed by atoms with E-state index in [0.29, 0.717) is 11.3 Å². The number of rotatable bonds is 3. The predicted octanol–water partition coefficient (Wildman–Crippen LogP) is 3.86. The zero-order chi connectivity index (χ0) is 13.1. The Labute approximate surface area is 106 Å². The molecule has 0 heterocycles. The molecule has 0 aliphatic rings. The lowest BCUT2D eigenvalue weighted by Crippen LogP contribution is -2.05. The molecule has 94 valence electrons. The molecule has 18 heavy (non-hydrogen) atoms. The summed E-state index contributed by atoms with van der Waals surface area (Å²) < 4.78 is 19.4. The minimum Gasteiger partial charge on any atom is -0.491 e. The van der Waals surface area contributed by atoms with E-state index in [-0.39, 0.29) is 11.9 Å². The van der Waals surface area contributed by atoms with E-state index >= 15 is 0 Å². The van der Waals surface area contributed by atoms with Crippen LogP contribution in [-0.2, 0) is 0 Å². The molecule has 0 aromatic heterocycles. The number of hydrogen-bond donors (Lipinski definition) is 1. The average molecular weight is 245 g/mol. The molecular weight excluding hydrogens is 229 g/mol. The summed E-state index contributed by atoms with van der Waals surface area (Å²) in [6, 6.07) is 12.1. The minimum absolute atomic E-state index is 0.0940. The molecule has 0 spiro atoms. The molecule has 3 heteroatoms. The third-order valence-corrected chi connectivity index (χ3v) is 2.51. The second-order valence-electron chi connectivity index (χ2n) is 4.43. The fraction of sp³-hybridized carbons (Fsp3) is 0.200. The molecule has 0 saturated heterocycles.